The maximum atomic E-state index is 14.0. The predicted molar refractivity (Wildman–Crippen MR) is 71.3 cm³/mol. The third-order valence-electron chi connectivity index (χ3n) is 3.40. The van der Waals surface area contributed by atoms with E-state index in [1.807, 2.05) is 0 Å². The van der Waals surface area contributed by atoms with Gasteiger partial charge in [-0.05, 0) is 11.6 Å². The molecule has 1 aromatic heterocycles. The summed E-state index contributed by atoms with van der Waals surface area (Å²) in [4.78, 5) is 26.1. The third-order valence-corrected chi connectivity index (χ3v) is 3.40. The van der Waals surface area contributed by atoms with E-state index in [4.69, 9.17) is 0 Å². The molecule has 1 aliphatic heterocycles. The number of halogens is 3. The lowest BCUT2D eigenvalue weighted by atomic mass is 10.1. The fraction of sp³-hybridized carbons (Fsp3) is 0.500. The van der Waals surface area contributed by atoms with Gasteiger partial charge in [0.2, 0.25) is 6.29 Å². The van der Waals surface area contributed by atoms with Crippen molar-refractivity contribution in [3.05, 3.63) is 23.6 Å². The van der Waals surface area contributed by atoms with Crippen LogP contribution >= 0.6 is 0 Å². The number of aromatic nitrogens is 1. The van der Waals surface area contributed by atoms with Gasteiger partial charge in [0.05, 0.1) is 6.61 Å². The zero-order valence-corrected chi connectivity index (χ0v) is 11.7. The summed E-state index contributed by atoms with van der Waals surface area (Å²) < 4.78 is 44.7. The van der Waals surface area contributed by atoms with Gasteiger partial charge in [0, 0.05) is 38.5 Å². The molecule has 5 nitrogen and oxygen atoms in total. The Labute approximate surface area is 125 Å². The molecule has 1 aromatic rings. The monoisotopic (exact) mass is 316 g/mol. The van der Waals surface area contributed by atoms with Crippen molar-refractivity contribution >= 4 is 18.1 Å². The van der Waals surface area contributed by atoms with E-state index < -0.39 is 17.7 Å². The van der Waals surface area contributed by atoms with E-state index in [-0.39, 0.29) is 51.1 Å². The highest BCUT2D eigenvalue weighted by Crippen LogP contribution is 2.30. The summed E-state index contributed by atoms with van der Waals surface area (Å²) in [5.74, 6) is -4.25. The lowest BCUT2D eigenvalue weighted by Gasteiger charge is -2.32. The van der Waals surface area contributed by atoms with Crippen LogP contribution in [0.2, 0.25) is 0 Å². The number of rotatable bonds is 5. The molecule has 0 amide bonds. The molecule has 0 aromatic carbocycles. The molecule has 120 valence electrons. The summed E-state index contributed by atoms with van der Waals surface area (Å²) in [6.45, 7) is 0.0361. The van der Waals surface area contributed by atoms with Gasteiger partial charge in [0.15, 0.2) is 11.6 Å². The molecule has 0 spiro atoms. The molecule has 0 aliphatic carbocycles. The van der Waals surface area contributed by atoms with E-state index >= 15 is 0 Å². The summed E-state index contributed by atoms with van der Waals surface area (Å²) in [5, 5.41) is 0. The zero-order chi connectivity index (χ0) is 16.2. The Morgan fingerprint density at radius 1 is 1.41 bits per heavy atom. The number of carbonyl (C=O) groups excluding carboxylic acids is 2. The number of hydrogen-bond donors (Lipinski definition) is 0. The van der Waals surface area contributed by atoms with Crippen molar-refractivity contribution in [3.63, 3.8) is 0 Å². The van der Waals surface area contributed by atoms with Crippen LogP contribution in [0.25, 0.3) is 0 Å². The number of nitrogens with zero attached hydrogens (tertiary/aromatic N) is 2. The van der Waals surface area contributed by atoms with Gasteiger partial charge in [0.1, 0.15) is 0 Å². The molecule has 2 rings (SSSR count). The number of ether oxygens (including phenoxy) is 1. The van der Waals surface area contributed by atoms with E-state index in [0.29, 0.717) is 5.56 Å². The Hall–Kier alpha value is -2.12. The number of aldehydes is 1. The van der Waals surface area contributed by atoms with Crippen molar-refractivity contribution in [2.75, 3.05) is 24.6 Å². The Balaban J connectivity index is 1.95. The predicted octanol–water partition coefficient (Wildman–Crippen LogP) is 1.74. The highest BCUT2D eigenvalue weighted by Gasteiger charge is 2.35. The smallest absolute Gasteiger partial charge is 0.371 e. The normalized spacial score (nSPS) is 17.1. The molecular formula is C14H15F3N2O3. The number of pyridine rings is 1. The average molecular weight is 316 g/mol. The van der Waals surface area contributed by atoms with Gasteiger partial charge in [0.25, 0.3) is 5.92 Å². The van der Waals surface area contributed by atoms with Crippen LogP contribution in [0.15, 0.2) is 12.3 Å². The van der Waals surface area contributed by atoms with Gasteiger partial charge < -0.3 is 9.64 Å². The first-order valence-electron chi connectivity index (χ1n) is 6.80. The van der Waals surface area contributed by atoms with Crippen LogP contribution in [-0.2, 0) is 20.7 Å². The molecule has 0 unspecified atom stereocenters. The van der Waals surface area contributed by atoms with Crippen molar-refractivity contribution in [3.8, 4) is 0 Å². The van der Waals surface area contributed by atoms with Gasteiger partial charge in [-0.2, -0.15) is 0 Å². The summed E-state index contributed by atoms with van der Waals surface area (Å²) >= 11 is 0. The van der Waals surface area contributed by atoms with Gasteiger partial charge in [-0.15, -0.1) is 0 Å². The van der Waals surface area contributed by atoms with Crippen molar-refractivity contribution in [2.24, 2.45) is 0 Å². The van der Waals surface area contributed by atoms with Gasteiger partial charge in [-0.25, -0.2) is 22.9 Å². The van der Waals surface area contributed by atoms with Crippen LogP contribution in [0.1, 0.15) is 18.4 Å². The number of hydrogen-bond acceptors (Lipinski definition) is 5. The zero-order valence-electron chi connectivity index (χ0n) is 11.7. The summed E-state index contributed by atoms with van der Waals surface area (Å²) in [6, 6.07) is 1.23. The molecule has 0 N–H and O–H groups in total. The number of anilines is 1. The quantitative estimate of drug-likeness (QED) is 0.470. The fourth-order valence-corrected chi connectivity index (χ4v) is 2.19. The maximum absolute atomic E-state index is 14.0. The van der Waals surface area contributed by atoms with Crippen molar-refractivity contribution in [2.45, 2.75) is 25.2 Å². The van der Waals surface area contributed by atoms with Gasteiger partial charge in [-0.3, -0.25) is 4.79 Å². The molecule has 0 bridgehead atoms. The van der Waals surface area contributed by atoms with Crippen LogP contribution in [0.5, 0.6) is 0 Å². The second kappa shape index (κ2) is 6.76. The van der Waals surface area contributed by atoms with E-state index in [0.717, 1.165) is 0 Å². The SMILES string of the molecule is O=CC(=O)OCCc1cnc(N2CCC(F)(F)CC2)c(F)c1. The molecule has 0 saturated carbocycles. The lowest BCUT2D eigenvalue weighted by molar-refractivity contribution is -0.148. The topological polar surface area (TPSA) is 59.5 Å². The Bertz CT molecular complexity index is 556. The summed E-state index contributed by atoms with van der Waals surface area (Å²) in [6.07, 6.45) is 1.02. The van der Waals surface area contributed by atoms with Crippen LogP contribution in [-0.4, -0.2) is 42.9 Å². The second-order valence-corrected chi connectivity index (χ2v) is 5.03. The second-order valence-electron chi connectivity index (χ2n) is 5.03. The van der Waals surface area contributed by atoms with Crippen LogP contribution in [0.4, 0.5) is 19.0 Å². The number of alkyl halides is 2. The number of piperidine rings is 1. The fourth-order valence-electron chi connectivity index (χ4n) is 2.19. The molecular weight excluding hydrogens is 301 g/mol. The van der Waals surface area contributed by atoms with Crippen molar-refractivity contribution in [1.29, 1.82) is 0 Å². The van der Waals surface area contributed by atoms with E-state index in [2.05, 4.69) is 9.72 Å². The minimum absolute atomic E-state index is 0.0455. The number of esters is 1. The Morgan fingerprint density at radius 3 is 2.68 bits per heavy atom. The summed E-state index contributed by atoms with van der Waals surface area (Å²) in [5.41, 5.74) is 0.488. The van der Waals surface area contributed by atoms with Gasteiger partial charge in [-0.1, -0.05) is 0 Å². The van der Waals surface area contributed by atoms with E-state index in [9.17, 15) is 22.8 Å². The molecule has 22 heavy (non-hydrogen) atoms. The largest absolute Gasteiger partial charge is 0.460 e. The summed E-state index contributed by atoms with van der Waals surface area (Å²) in [7, 11) is 0. The highest BCUT2D eigenvalue weighted by atomic mass is 19.3. The first-order valence-corrected chi connectivity index (χ1v) is 6.80. The minimum atomic E-state index is -2.70. The lowest BCUT2D eigenvalue weighted by Crippen LogP contribution is -2.40. The average Bonchev–Trinajstić information content (AvgIpc) is 2.48. The molecule has 1 saturated heterocycles. The van der Waals surface area contributed by atoms with E-state index in [1.54, 1.807) is 0 Å². The van der Waals surface area contributed by atoms with Crippen molar-refractivity contribution < 1.29 is 27.5 Å². The van der Waals surface area contributed by atoms with Crippen LogP contribution in [0, 0.1) is 5.82 Å². The van der Waals surface area contributed by atoms with Crippen molar-refractivity contribution in [1.82, 2.24) is 4.98 Å². The highest BCUT2D eigenvalue weighted by molar-refractivity contribution is 6.20. The first kappa shape index (κ1) is 16.3. The maximum Gasteiger partial charge on any atom is 0.371 e. The van der Waals surface area contributed by atoms with Crippen LogP contribution < -0.4 is 4.90 Å². The Morgan fingerprint density at radius 2 is 2.09 bits per heavy atom. The molecule has 1 fully saturated rings. The minimum Gasteiger partial charge on any atom is -0.460 e. The molecule has 0 radical (unpaired) electrons. The molecule has 0 atom stereocenters. The molecule has 1 aliphatic rings. The van der Waals surface area contributed by atoms with E-state index in [1.165, 1.54) is 17.2 Å². The standard InChI is InChI=1S/C14H15F3N2O3/c15-11-7-10(1-6-22-12(21)9-20)8-18-13(11)19-4-2-14(16,17)3-5-19/h7-9H,1-6H2. The third kappa shape index (κ3) is 4.19. The Kier molecular flexibility index (Phi) is 4.99. The molecule has 8 heteroatoms. The van der Waals surface area contributed by atoms with Crippen LogP contribution in [0.3, 0.4) is 0 Å². The first-order chi connectivity index (χ1) is 10.4. The molecule has 2 heterocycles. The number of carbonyl (C=O) groups is 2. The van der Waals surface area contributed by atoms with Gasteiger partial charge >= 0.3 is 5.97 Å².